The van der Waals surface area contributed by atoms with Crippen LogP contribution in [0, 0.1) is 20.8 Å². The molecule has 2 aromatic rings. The van der Waals surface area contributed by atoms with Gasteiger partial charge in [0.1, 0.15) is 0 Å². The number of thiocarbonyl (C=S) groups is 1. The number of hydrogen-bond acceptors (Lipinski definition) is 3. The Labute approximate surface area is 165 Å². The maximum absolute atomic E-state index is 12.0. The van der Waals surface area contributed by atoms with Gasteiger partial charge in [0.25, 0.3) is 0 Å². The molecule has 138 valence electrons. The molecule has 0 bridgehead atoms. The summed E-state index contributed by atoms with van der Waals surface area (Å²) in [5, 5.41) is 3.55. The van der Waals surface area contributed by atoms with Gasteiger partial charge in [0.2, 0.25) is 5.91 Å². The monoisotopic (exact) mass is 387 g/mol. The molecule has 0 atom stereocenters. The summed E-state index contributed by atoms with van der Waals surface area (Å²) in [4.78, 5) is 13.1. The van der Waals surface area contributed by atoms with E-state index in [-0.39, 0.29) is 5.91 Å². The van der Waals surface area contributed by atoms with Gasteiger partial charge in [0, 0.05) is 10.6 Å². The van der Waals surface area contributed by atoms with Crippen LogP contribution in [0.3, 0.4) is 0 Å². The van der Waals surface area contributed by atoms with E-state index < -0.39 is 0 Å². The molecule has 0 saturated heterocycles. The Kier molecular flexibility index (Phi) is 7.48. The first kappa shape index (κ1) is 20.3. The molecule has 3 N–H and O–H groups in total. The Morgan fingerprint density at radius 1 is 1.04 bits per heavy atom. The van der Waals surface area contributed by atoms with E-state index >= 15 is 0 Å². The zero-order valence-corrected chi connectivity index (χ0v) is 17.2. The summed E-state index contributed by atoms with van der Waals surface area (Å²) in [6, 6.07) is 12.3. The smallest absolute Gasteiger partial charge is 0.248 e. The lowest BCUT2D eigenvalue weighted by Gasteiger charge is -2.16. The molecule has 2 rings (SSSR count). The van der Waals surface area contributed by atoms with E-state index in [0.717, 1.165) is 22.6 Å². The highest BCUT2D eigenvalue weighted by molar-refractivity contribution is 8.00. The van der Waals surface area contributed by atoms with Crippen molar-refractivity contribution in [3.8, 4) is 0 Å². The van der Waals surface area contributed by atoms with Crippen molar-refractivity contribution in [3.63, 3.8) is 0 Å². The van der Waals surface area contributed by atoms with Crippen molar-refractivity contribution in [1.82, 2.24) is 10.9 Å². The van der Waals surface area contributed by atoms with E-state index in [0.29, 0.717) is 10.9 Å². The van der Waals surface area contributed by atoms with Crippen LogP contribution in [0.15, 0.2) is 41.3 Å². The van der Waals surface area contributed by atoms with E-state index in [2.05, 4.69) is 55.1 Å². The van der Waals surface area contributed by atoms with E-state index in [1.54, 1.807) is 0 Å². The minimum atomic E-state index is -0.127. The first-order valence-corrected chi connectivity index (χ1v) is 9.94. The number of amides is 1. The Morgan fingerprint density at radius 2 is 1.81 bits per heavy atom. The average Bonchev–Trinajstić information content (AvgIpc) is 2.62. The van der Waals surface area contributed by atoms with Gasteiger partial charge in [-0.05, 0) is 73.8 Å². The fraction of sp³-hybridized carbons (Fsp3) is 0.300. The number of hydrogen-bond donors (Lipinski definition) is 3. The highest BCUT2D eigenvalue weighted by atomic mass is 32.2. The molecule has 0 fully saturated rings. The third-order valence-electron chi connectivity index (χ3n) is 4.14. The first-order chi connectivity index (χ1) is 12.4. The molecule has 6 heteroatoms. The summed E-state index contributed by atoms with van der Waals surface area (Å²) in [7, 11) is 0. The van der Waals surface area contributed by atoms with Crippen molar-refractivity contribution in [1.29, 1.82) is 0 Å². The second kappa shape index (κ2) is 9.59. The molecule has 0 aromatic heterocycles. The van der Waals surface area contributed by atoms with E-state index in [1.165, 1.54) is 28.5 Å². The number of aryl methyl sites for hydroxylation is 4. The highest BCUT2D eigenvalue weighted by Crippen LogP contribution is 2.21. The van der Waals surface area contributed by atoms with Crippen molar-refractivity contribution < 1.29 is 4.79 Å². The number of anilines is 1. The molecule has 0 spiro atoms. The Bertz CT molecular complexity index is 806. The summed E-state index contributed by atoms with van der Waals surface area (Å²) in [6.07, 6.45) is 0.908. The number of nitrogens with one attached hydrogen (secondary N) is 3. The van der Waals surface area contributed by atoms with Crippen LogP contribution in [-0.2, 0) is 11.2 Å². The van der Waals surface area contributed by atoms with Crippen LogP contribution in [0.2, 0.25) is 0 Å². The average molecular weight is 388 g/mol. The van der Waals surface area contributed by atoms with Crippen molar-refractivity contribution >= 4 is 40.7 Å². The van der Waals surface area contributed by atoms with Gasteiger partial charge < -0.3 is 5.32 Å². The number of carbonyl (C=O) groups is 1. The molecule has 0 aliphatic heterocycles. The zero-order valence-electron chi connectivity index (χ0n) is 15.6. The summed E-state index contributed by atoms with van der Waals surface area (Å²) in [6.45, 7) is 8.28. The quantitative estimate of drug-likeness (QED) is 0.406. The number of thioether (sulfide) groups is 1. The van der Waals surface area contributed by atoms with Gasteiger partial charge in [0.05, 0.1) is 5.75 Å². The molecule has 2 aromatic carbocycles. The van der Waals surface area contributed by atoms with E-state index in [9.17, 15) is 4.79 Å². The minimum absolute atomic E-state index is 0.127. The lowest BCUT2D eigenvalue weighted by atomic mass is 10.1. The highest BCUT2D eigenvalue weighted by Gasteiger charge is 2.08. The Balaban J connectivity index is 1.82. The molecule has 1 amide bonds. The predicted molar refractivity (Wildman–Crippen MR) is 115 cm³/mol. The van der Waals surface area contributed by atoms with Gasteiger partial charge in [-0.25, -0.2) is 0 Å². The van der Waals surface area contributed by atoms with Gasteiger partial charge in [-0.2, -0.15) is 0 Å². The van der Waals surface area contributed by atoms with Crippen LogP contribution < -0.4 is 16.2 Å². The van der Waals surface area contributed by atoms with E-state index in [4.69, 9.17) is 12.2 Å². The van der Waals surface area contributed by atoms with Crippen LogP contribution in [0.5, 0.6) is 0 Å². The molecule has 0 saturated carbocycles. The molecule has 0 aliphatic carbocycles. The van der Waals surface area contributed by atoms with Crippen molar-refractivity contribution in [2.45, 2.75) is 39.0 Å². The SMILES string of the molecule is CCc1cccc(C)c1NC(=S)NNC(=O)CSc1ccc(C)c(C)c1. The molecule has 0 unspecified atom stereocenters. The maximum Gasteiger partial charge on any atom is 0.248 e. The van der Waals surface area contributed by atoms with E-state index in [1.807, 2.05) is 25.1 Å². The largest absolute Gasteiger partial charge is 0.331 e. The summed E-state index contributed by atoms with van der Waals surface area (Å²) in [5.41, 5.74) is 11.2. The number of para-hydroxylation sites is 1. The molecule has 4 nitrogen and oxygen atoms in total. The standard InChI is InChI=1S/C20H25N3OS2/c1-5-16-8-6-7-14(3)19(16)21-20(25)23-22-18(24)12-26-17-10-9-13(2)15(4)11-17/h6-11H,5,12H2,1-4H3,(H,22,24)(H2,21,23,25). The van der Waals surface area contributed by atoms with Gasteiger partial charge in [-0.15, -0.1) is 11.8 Å². The maximum atomic E-state index is 12.0. The van der Waals surface area contributed by atoms with Gasteiger partial charge in [-0.1, -0.05) is 31.2 Å². The van der Waals surface area contributed by atoms with Crippen LogP contribution in [0.4, 0.5) is 5.69 Å². The zero-order chi connectivity index (χ0) is 19.1. The summed E-state index contributed by atoms with van der Waals surface area (Å²) < 4.78 is 0. The molecule has 0 radical (unpaired) electrons. The number of rotatable bonds is 5. The normalized spacial score (nSPS) is 10.3. The lowest BCUT2D eigenvalue weighted by Crippen LogP contribution is -2.44. The number of carbonyl (C=O) groups excluding carboxylic acids is 1. The second-order valence-corrected chi connectivity index (χ2v) is 7.58. The number of hydrazine groups is 1. The Hall–Kier alpha value is -2.05. The molecule has 26 heavy (non-hydrogen) atoms. The second-order valence-electron chi connectivity index (χ2n) is 6.12. The molecular weight excluding hydrogens is 362 g/mol. The lowest BCUT2D eigenvalue weighted by molar-refractivity contribution is -0.119. The molecule has 0 heterocycles. The van der Waals surface area contributed by atoms with Crippen molar-refractivity contribution in [2.24, 2.45) is 0 Å². The minimum Gasteiger partial charge on any atom is -0.331 e. The molecular formula is C20H25N3OS2. The fourth-order valence-electron chi connectivity index (χ4n) is 2.46. The Morgan fingerprint density at radius 3 is 2.50 bits per heavy atom. The fourth-order valence-corrected chi connectivity index (χ4v) is 3.41. The van der Waals surface area contributed by atoms with Crippen molar-refractivity contribution in [2.75, 3.05) is 11.1 Å². The first-order valence-electron chi connectivity index (χ1n) is 8.55. The topological polar surface area (TPSA) is 53.2 Å². The number of benzene rings is 2. The molecule has 0 aliphatic rings. The third kappa shape index (κ3) is 5.75. The van der Waals surface area contributed by atoms with Gasteiger partial charge in [0.15, 0.2) is 5.11 Å². The summed E-state index contributed by atoms with van der Waals surface area (Å²) in [5.74, 6) is 0.195. The van der Waals surface area contributed by atoms with Gasteiger partial charge >= 0.3 is 0 Å². The predicted octanol–water partition coefficient (Wildman–Crippen LogP) is 4.28. The van der Waals surface area contributed by atoms with Crippen molar-refractivity contribution in [3.05, 3.63) is 58.7 Å². The van der Waals surface area contributed by atoms with Gasteiger partial charge in [-0.3, -0.25) is 15.6 Å². The summed E-state index contributed by atoms with van der Waals surface area (Å²) >= 11 is 6.79. The van der Waals surface area contributed by atoms with Crippen LogP contribution in [0.1, 0.15) is 29.2 Å². The van der Waals surface area contributed by atoms with Crippen LogP contribution >= 0.6 is 24.0 Å². The van der Waals surface area contributed by atoms with Crippen LogP contribution in [-0.4, -0.2) is 16.8 Å². The third-order valence-corrected chi connectivity index (χ3v) is 5.34. The van der Waals surface area contributed by atoms with Crippen LogP contribution in [0.25, 0.3) is 0 Å².